The summed E-state index contributed by atoms with van der Waals surface area (Å²) in [4.78, 5) is 2.56. The van der Waals surface area contributed by atoms with E-state index in [9.17, 15) is 8.78 Å². The molecule has 0 radical (unpaired) electrons. The Bertz CT molecular complexity index is 402. The number of rotatable bonds is 1. The van der Waals surface area contributed by atoms with Crippen LogP contribution in [0, 0.1) is 6.92 Å². The van der Waals surface area contributed by atoms with Gasteiger partial charge in [-0.2, -0.15) is 0 Å². The van der Waals surface area contributed by atoms with Gasteiger partial charge in [-0.3, -0.25) is 0 Å². The Morgan fingerprint density at radius 3 is 2.67 bits per heavy atom. The normalized spacial score (nSPS) is 23.9. The molecule has 1 aromatic heterocycles. The molecule has 2 aliphatic rings. The van der Waals surface area contributed by atoms with Crippen LogP contribution in [-0.2, 0) is 12.8 Å². The molecule has 3 heteroatoms. The Balaban J connectivity index is 2.05. The van der Waals surface area contributed by atoms with Crippen molar-refractivity contribution in [3.63, 3.8) is 0 Å². The molecule has 1 fully saturated rings. The molecule has 0 atom stereocenters. The van der Waals surface area contributed by atoms with Gasteiger partial charge in [-0.1, -0.05) is 0 Å². The van der Waals surface area contributed by atoms with Gasteiger partial charge < -0.3 is 0 Å². The summed E-state index contributed by atoms with van der Waals surface area (Å²) in [5.41, 5.74) is 2.25. The maximum atomic E-state index is 13.4. The van der Waals surface area contributed by atoms with Crippen molar-refractivity contribution in [3.8, 4) is 0 Å². The van der Waals surface area contributed by atoms with Crippen LogP contribution in [0.25, 0.3) is 0 Å². The molecule has 0 saturated heterocycles. The molecule has 0 spiro atoms. The third kappa shape index (κ3) is 1.61. The Labute approximate surface area is 92.3 Å². The molecule has 0 nitrogen and oxygen atoms in total. The van der Waals surface area contributed by atoms with Crippen molar-refractivity contribution in [1.29, 1.82) is 0 Å². The lowest BCUT2D eigenvalue weighted by atomic mass is 9.89. The van der Waals surface area contributed by atoms with Gasteiger partial charge in [-0.15, -0.1) is 11.3 Å². The largest absolute Gasteiger partial charge is 0.252 e. The smallest absolute Gasteiger partial charge is 0.207 e. The first kappa shape index (κ1) is 9.76. The zero-order chi connectivity index (χ0) is 10.6. The third-order valence-electron chi connectivity index (χ3n) is 3.47. The van der Waals surface area contributed by atoms with Gasteiger partial charge in [0.25, 0.3) is 5.92 Å². The van der Waals surface area contributed by atoms with E-state index in [1.807, 2.05) is 0 Å². The number of aryl methyl sites for hydroxylation is 1. The number of alkyl halides is 2. The van der Waals surface area contributed by atoms with Crippen LogP contribution in [0.2, 0.25) is 0 Å². The van der Waals surface area contributed by atoms with Gasteiger partial charge in [0.1, 0.15) is 0 Å². The summed E-state index contributed by atoms with van der Waals surface area (Å²) in [5.74, 6) is -1.84. The van der Waals surface area contributed by atoms with E-state index in [2.05, 4.69) is 6.92 Å². The third-order valence-corrected chi connectivity index (χ3v) is 4.83. The van der Waals surface area contributed by atoms with Crippen LogP contribution in [0.3, 0.4) is 0 Å². The van der Waals surface area contributed by atoms with Crippen LogP contribution in [0.4, 0.5) is 8.78 Å². The molecule has 2 aliphatic carbocycles. The van der Waals surface area contributed by atoms with Gasteiger partial charge >= 0.3 is 0 Å². The van der Waals surface area contributed by atoms with E-state index in [1.54, 1.807) is 11.3 Å². The molecule has 0 bridgehead atoms. The Morgan fingerprint density at radius 1 is 1.27 bits per heavy atom. The first-order valence-electron chi connectivity index (χ1n) is 5.56. The Morgan fingerprint density at radius 2 is 2.00 bits per heavy atom. The lowest BCUT2D eigenvalue weighted by Gasteiger charge is -2.23. The van der Waals surface area contributed by atoms with E-state index < -0.39 is 5.92 Å². The van der Waals surface area contributed by atoms with Gasteiger partial charge in [-0.25, -0.2) is 8.78 Å². The molecule has 1 heterocycles. The van der Waals surface area contributed by atoms with Crippen LogP contribution in [-0.4, -0.2) is 5.92 Å². The molecular weight excluding hydrogens is 214 g/mol. The quantitative estimate of drug-likeness (QED) is 0.680. The van der Waals surface area contributed by atoms with Gasteiger partial charge in [0.2, 0.25) is 0 Å². The highest BCUT2D eigenvalue weighted by Gasteiger charge is 2.39. The molecule has 3 rings (SSSR count). The van der Waals surface area contributed by atoms with Crippen LogP contribution in [0.15, 0.2) is 0 Å². The summed E-state index contributed by atoms with van der Waals surface area (Å²) >= 11 is 1.77. The summed E-state index contributed by atoms with van der Waals surface area (Å²) in [5, 5.41) is 0. The van der Waals surface area contributed by atoms with Crippen molar-refractivity contribution in [2.75, 3.05) is 0 Å². The van der Waals surface area contributed by atoms with Gasteiger partial charge in [0, 0.05) is 22.6 Å². The van der Waals surface area contributed by atoms with Crippen molar-refractivity contribution >= 4 is 11.3 Å². The minimum atomic E-state index is -2.45. The van der Waals surface area contributed by atoms with E-state index in [-0.39, 0.29) is 12.8 Å². The first-order valence-corrected chi connectivity index (χ1v) is 6.37. The first-order chi connectivity index (χ1) is 7.07. The van der Waals surface area contributed by atoms with Gasteiger partial charge in [0.15, 0.2) is 0 Å². The summed E-state index contributed by atoms with van der Waals surface area (Å²) in [6, 6.07) is 0. The van der Waals surface area contributed by atoms with Crippen molar-refractivity contribution in [3.05, 3.63) is 20.9 Å². The molecule has 15 heavy (non-hydrogen) atoms. The second-order valence-corrected chi connectivity index (χ2v) is 6.04. The average molecular weight is 228 g/mol. The number of fused-ring (bicyclic) bond motifs is 1. The summed E-state index contributed by atoms with van der Waals surface area (Å²) in [7, 11) is 0. The van der Waals surface area contributed by atoms with Crippen molar-refractivity contribution in [2.24, 2.45) is 0 Å². The minimum Gasteiger partial charge on any atom is -0.207 e. The molecule has 1 saturated carbocycles. The van der Waals surface area contributed by atoms with E-state index in [0.29, 0.717) is 12.3 Å². The van der Waals surface area contributed by atoms with Crippen molar-refractivity contribution in [1.82, 2.24) is 0 Å². The summed E-state index contributed by atoms with van der Waals surface area (Å²) < 4.78 is 26.7. The number of thiophene rings is 1. The number of hydrogen-bond acceptors (Lipinski definition) is 1. The van der Waals surface area contributed by atoms with Crippen LogP contribution < -0.4 is 0 Å². The molecule has 1 aromatic rings. The van der Waals surface area contributed by atoms with Crippen LogP contribution >= 0.6 is 11.3 Å². The Kier molecular flexibility index (Phi) is 1.97. The molecule has 0 N–H and O–H groups in total. The van der Waals surface area contributed by atoms with E-state index in [1.165, 1.54) is 28.2 Å². The van der Waals surface area contributed by atoms with E-state index in [4.69, 9.17) is 0 Å². The highest BCUT2D eigenvalue weighted by Crippen LogP contribution is 2.50. The fourth-order valence-electron chi connectivity index (χ4n) is 2.50. The predicted molar refractivity (Wildman–Crippen MR) is 58.0 cm³/mol. The van der Waals surface area contributed by atoms with Gasteiger partial charge in [-0.05, 0) is 43.2 Å². The van der Waals surface area contributed by atoms with Crippen molar-refractivity contribution < 1.29 is 8.78 Å². The Hall–Kier alpha value is -0.440. The SMILES string of the molecule is Cc1sc(C2CC2)c2c1CCC(F)(F)C2. The van der Waals surface area contributed by atoms with Crippen molar-refractivity contribution in [2.45, 2.75) is 50.9 Å². The zero-order valence-corrected chi connectivity index (χ0v) is 9.59. The summed E-state index contributed by atoms with van der Waals surface area (Å²) in [6.45, 7) is 2.08. The lowest BCUT2D eigenvalue weighted by Crippen LogP contribution is -2.25. The fourth-order valence-corrected chi connectivity index (χ4v) is 3.90. The van der Waals surface area contributed by atoms with Gasteiger partial charge in [0.05, 0.1) is 0 Å². The molecule has 0 aliphatic heterocycles. The number of hydrogen-bond donors (Lipinski definition) is 0. The minimum absolute atomic E-state index is 0.00148. The molecular formula is C12H14F2S. The fraction of sp³-hybridized carbons (Fsp3) is 0.667. The highest BCUT2D eigenvalue weighted by atomic mass is 32.1. The monoisotopic (exact) mass is 228 g/mol. The highest BCUT2D eigenvalue weighted by molar-refractivity contribution is 7.12. The van der Waals surface area contributed by atoms with Crippen LogP contribution in [0.5, 0.6) is 0 Å². The molecule has 0 amide bonds. The lowest BCUT2D eigenvalue weighted by molar-refractivity contribution is -0.0122. The maximum absolute atomic E-state index is 13.4. The predicted octanol–water partition coefficient (Wildman–Crippen LogP) is 4.06. The second-order valence-electron chi connectivity index (χ2n) is 4.79. The zero-order valence-electron chi connectivity index (χ0n) is 8.78. The maximum Gasteiger partial charge on any atom is 0.252 e. The number of halogens is 2. The standard InChI is InChI=1S/C12H14F2S/c1-7-9-4-5-12(13,14)6-10(9)11(15-7)8-2-3-8/h8H,2-6H2,1H3. The second kappa shape index (κ2) is 3.03. The molecule has 0 aromatic carbocycles. The summed E-state index contributed by atoms with van der Waals surface area (Å²) in [6.07, 6.45) is 3.04. The average Bonchev–Trinajstić information content (AvgIpc) is 2.92. The molecule has 0 unspecified atom stereocenters. The molecule has 82 valence electrons. The van der Waals surface area contributed by atoms with E-state index >= 15 is 0 Å². The topological polar surface area (TPSA) is 0 Å². The van der Waals surface area contributed by atoms with E-state index in [0.717, 1.165) is 5.56 Å². The van der Waals surface area contributed by atoms with Crippen LogP contribution in [0.1, 0.15) is 46.1 Å².